The van der Waals surface area contributed by atoms with Crippen molar-refractivity contribution in [3.63, 3.8) is 0 Å². The van der Waals surface area contributed by atoms with Crippen molar-refractivity contribution in [2.75, 3.05) is 33.5 Å². The highest BCUT2D eigenvalue weighted by molar-refractivity contribution is 7.89. The van der Waals surface area contributed by atoms with Gasteiger partial charge in [0.1, 0.15) is 10.6 Å². The highest BCUT2D eigenvalue weighted by atomic mass is 32.2. The van der Waals surface area contributed by atoms with Crippen molar-refractivity contribution in [3.05, 3.63) is 18.2 Å². The van der Waals surface area contributed by atoms with Crippen LogP contribution in [0.3, 0.4) is 0 Å². The number of amides is 1. The minimum atomic E-state index is -3.83. The van der Waals surface area contributed by atoms with Gasteiger partial charge in [-0.05, 0) is 12.1 Å². The number of hydrogen-bond donors (Lipinski definition) is 2. The van der Waals surface area contributed by atoms with Gasteiger partial charge in [-0.25, -0.2) is 13.1 Å². The van der Waals surface area contributed by atoms with Crippen molar-refractivity contribution >= 4 is 21.6 Å². The Kier molecular flexibility index (Phi) is 4.73. The Labute approximate surface area is 112 Å². The summed E-state index contributed by atoms with van der Waals surface area (Å²) < 4.78 is 31.3. The number of carbonyl (C=O) groups is 1. The van der Waals surface area contributed by atoms with Crippen LogP contribution in [-0.4, -0.2) is 47.0 Å². The average Bonchev–Trinajstić information content (AvgIpc) is 2.35. The van der Waals surface area contributed by atoms with Crippen molar-refractivity contribution in [2.24, 2.45) is 0 Å². The molecule has 0 unspecified atom stereocenters. The molecule has 0 spiro atoms. The molecular weight excluding hydrogens is 270 g/mol. The lowest BCUT2D eigenvalue weighted by atomic mass is 10.3. The summed E-state index contributed by atoms with van der Waals surface area (Å²) in [5.74, 6) is -0.220. The van der Waals surface area contributed by atoms with E-state index in [9.17, 15) is 13.2 Å². The molecule has 0 bridgehead atoms. The van der Waals surface area contributed by atoms with Gasteiger partial charge in [0, 0.05) is 25.8 Å². The standard InChI is InChI=1S/C11H17N3O4S/c1-14(2)11(15)7-13-19(16,17)10-5-4-8(12)6-9(10)18-3/h4-6,13H,7,12H2,1-3H3. The summed E-state index contributed by atoms with van der Waals surface area (Å²) in [6.07, 6.45) is 0. The average molecular weight is 287 g/mol. The largest absolute Gasteiger partial charge is 0.495 e. The number of carbonyl (C=O) groups excluding carboxylic acids is 1. The van der Waals surface area contributed by atoms with Crippen LogP contribution >= 0.6 is 0 Å². The molecule has 0 radical (unpaired) electrons. The zero-order valence-electron chi connectivity index (χ0n) is 11.0. The van der Waals surface area contributed by atoms with Crippen LogP contribution in [0.2, 0.25) is 0 Å². The molecule has 1 aromatic carbocycles. The molecule has 0 aromatic heterocycles. The molecule has 0 heterocycles. The van der Waals surface area contributed by atoms with Gasteiger partial charge >= 0.3 is 0 Å². The highest BCUT2D eigenvalue weighted by Gasteiger charge is 2.20. The Hall–Kier alpha value is -1.80. The van der Waals surface area contributed by atoms with E-state index >= 15 is 0 Å². The SMILES string of the molecule is COc1cc(N)ccc1S(=O)(=O)NCC(=O)N(C)C. The summed E-state index contributed by atoms with van der Waals surface area (Å²) in [5, 5.41) is 0. The van der Waals surface area contributed by atoms with Crippen LogP contribution in [0.15, 0.2) is 23.1 Å². The lowest BCUT2D eigenvalue weighted by Gasteiger charge is -2.13. The molecule has 8 heteroatoms. The molecular formula is C11H17N3O4S. The molecule has 0 fully saturated rings. The van der Waals surface area contributed by atoms with Crippen LogP contribution in [0.5, 0.6) is 5.75 Å². The van der Waals surface area contributed by atoms with Crippen LogP contribution in [0, 0.1) is 0 Å². The van der Waals surface area contributed by atoms with E-state index in [-0.39, 0.29) is 23.1 Å². The molecule has 1 aromatic rings. The van der Waals surface area contributed by atoms with Crippen molar-refractivity contribution in [2.45, 2.75) is 4.90 Å². The number of likely N-dealkylation sites (N-methyl/N-ethyl adjacent to an activating group) is 1. The molecule has 7 nitrogen and oxygen atoms in total. The van der Waals surface area contributed by atoms with Crippen molar-refractivity contribution in [1.29, 1.82) is 0 Å². The predicted molar refractivity (Wildman–Crippen MR) is 71.3 cm³/mol. The Morgan fingerprint density at radius 1 is 1.42 bits per heavy atom. The molecule has 0 saturated carbocycles. The van der Waals surface area contributed by atoms with Gasteiger partial charge in [0.05, 0.1) is 13.7 Å². The van der Waals surface area contributed by atoms with Gasteiger partial charge in [-0.2, -0.15) is 0 Å². The number of nitrogens with one attached hydrogen (secondary N) is 1. The van der Waals surface area contributed by atoms with Crippen LogP contribution in [0.1, 0.15) is 0 Å². The third-order valence-corrected chi connectivity index (χ3v) is 3.83. The van der Waals surface area contributed by atoms with E-state index in [1.165, 1.54) is 30.2 Å². The molecule has 1 rings (SSSR count). The van der Waals surface area contributed by atoms with Gasteiger partial charge < -0.3 is 15.4 Å². The first-order valence-electron chi connectivity index (χ1n) is 5.41. The third kappa shape index (κ3) is 3.83. The number of sulfonamides is 1. The Morgan fingerprint density at radius 2 is 2.05 bits per heavy atom. The van der Waals surface area contributed by atoms with Gasteiger partial charge in [-0.1, -0.05) is 0 Å². The second-order valence-corrected chi connectivity index (χ2v) is 5.76. The van der Waals surface area contributed by atoms with Gasteiger partial charge in [0.2, 0.25) is 15.9 Å². The van der Waals surface area contributed by atoms with Crippen LogP contribution in [-0.2, 0) is 14.8 Å². The lowest BCUT2D eigenvalue weighted by molar-refractivity contribution is -0.127. The number of hydrogen-bond acceptors (Lipinski definition) is 5. The maximum atomic E-state index is 12.0. The second-order valence-electron chi connectivity index (χ2n) is 4.02. The van der Waals surface area contributed by atoms with Crippen molar-refractivity contribution < 1.29 is 17.9 Å². The molecule has 0 aliphatic heterocycles. The fraction of sp³-hybridized carbons (Fsp3) is 0.364. The number of methoxy groups -OCH3 is 1. The number of ether oxygens (including phenoxy) is 1. The first-order valence-corrected chi connectivity index (χ1v) is 6.89. The molecule has 0 aliphatic rings. The fourth-order valence-corrected chi connectivity index (χ4v) is 2.42. The fourth-order valence-electron chi connectivity index (χ4n) is 1.30. The zero-order valence-corrected chi connectivity index (χ0v) is 11.8. The lowest BCUT2D eigenvalue weighted by Crippen LogP contribution is -2.36. The van der Waals surface area contributed by atoms with Crippen molar-refractivity contribution in [1.82, 2.24) is 9.62 Å². The minimum Gasteiger partial charge on any atom is -0.495 e. The van der Waals surface area contributed by atoms with Gasteiger partial charge in [0.25, 0.3) is 0 Å². The topological polar surface area (TPSA) is 102 Å². The maximum Gasteiger partial charge on any atom is 0.244 e. The van der Waals surface area contributed by atoms with Crippen molar-refractivity contribution in [3.8, 4) is 5.75 Å². The Bertz CT molecular complexity index is 569. The van der Waals surface area contributed by atoms with E-state index < -0.39 is 10.0 Å². The first kappa shape index (κ1) is 15.3. The molecule has 0 aliphatic carbocycles. The number of anilines is 1. The van der Waals surface area contributed by atoms with Gasteiger partial charge in [-0.15, -0.1) is 0 Å². The monoisotopic (exact) mass is 287 g/mol. The highest BCUT2D eigenvalue weighted by Crippen LogP contribution is 2.25. The Morgan fingerprint density at radius 3 is 2.58 bits per heavy atom. The molecule has 0 saturated heterocycles. The normalized spacial score (nSPS) is 11.1. The van der Waals surface area contributed by atoms with E-state index in [1.54, 1.807) is 14.1 Å². The van der Waals surface area contributed by atoms with E-state index in [1.807, 2.05) is 0 Å². The number of nitrogens with two attached hydrogens (primary N) is 1. The number of rotatable bonds is 5. The summed E-state index contributed by atoms with van der Waals surface area (Å²) in [5.41, 5.74) is 5.94. The summed E-state index contributed by atoms with van der Waals surface area (Å²) in [6, 6.07) is 4.18. The van der Waals surface area contributed by atoms with E-state index in [0.29, 0.717) is 5.69 Å². The first-order chi connectivity index (χ1) is 8.77. The smallest absolute Gasteiger partial charge is 0.244 e. The summed E-state index contributed by atoms with van der Waals surface area (Å²) in [4.78, 5) is 12.6. The second kappa shape index (κ2) is 5.89. The number of nitrogens with zero attached hydrogens (tertiary/aromatic N) is 1. The van der Waals surface area contributed by atoms with Gasteiger partial charge in [-0.3, -0.25) is 4.79 Å². The summed E-state index contributed by atoms with van der Waals surface area (Å²) in [7, 11) is 0.604. The molecule has 1 amide bonds. The molecule has 3 N–H and O–H groups in total. The van der Waals surface area contributed by atoms with E-state index in [4.69, 9.17) is 10.5 Å². The molecule has 0 atom stereocenters. The quantitative estimate of drug-likeness (QED) is 0.720. The summed E-state index contributed by atoms with van der Waals surface area (Å²) in [6.45, 7) is -0.317. The van der Waals surface area contributed by atoms with Crippen LogP contribution < -0.4 is 15.2 Å². The van der Waals surface area contributed by atoms with Gasteiger partial charge in [0.15, 0.2) is 0 Å². The number of benzene rings is 1. The Balaban J connectivity index is 2.98. The molecule has 106 valence electrons. The van der Waals surface area contributed by atoms with Crippen LogP contribution in [0.4, 0.5) is 5.69 Å². The molecule has 19 heavy (non-hydrogen) atoms. The maximum absolute atomic E-state index is 12.0. The number of nitrogen functional groups attached to an aromatic ring is 1. The summed E-state index contributed by atoms with van der Waals surface area (Å²) >= 11 is 0. The predicted octanol–water partition coefficient (Wildman–Crippen LogP) is -0.356. The van der Waals surface area contributed by atoms with E-state index in [2.05, 4.69) is 4.72 Å². The minimum absolute atomic E-state index is 0.0595. The zero-order chi connectivity index (χ0) is 14.6. The van der Waals surface area contributed by atoms with E-state index in [0.717, 1.165) is 0 Å². The third-order valence-electron chi connectivity index (χ3n) is 2.39. The van der Waals surface area contributed by atoms with Crippen LogP contribution in [0.25, 0.3) is 0 Å².